The third-order valence-electron chi connectivity index (χ3n) is 2.69. The number of carboxylic acid groups (broad SMARTS) is 1. The molecule has 0 radical (unpaired) electrons. The summed E-state index contributed by atoms with van der Waals surface area (Å²) in [6.45, 7) is 0. The zero-order chi connectivity index (χ0) is 10.8. The third-order valence-corrected chi connectivity index (χ3v) is 4.50. The predicted octanol–water partition coefficient (Wildman–Crippen LogP) is 2.04. The van der Waals surface area contributed by atoms with E-state index in [-0.39, 0.29) is 10.8 Å². The minimum atomic E-state index is -0.956. The highest BCUT2D eigenvalue weighted by Gasteiger charge is 2.24. The molecule has 3 nitrogen and oxygen atoms in total. The Balaban J connectivity index is 2.15. The quantitative estimate of drug-likeness (QED) is 0.854. The smallest absolute Gasteiger partial charge is 0.335 e. The van der Waals surface area contributed by atoms with Crippen LogP contribution < -0.4 is 0 Å². The lowest BCUT2D eigenvalue weighted by molar-refractivity contribution is 0.0697. The van der Waals surface area contributed by atoms with Crippen molar-refractivity contribution in [3.63, 3.8) is 0 Å². The van der Waals surface area contributed by atoms with E-state index in [9.17, 15) is 9.00 Å². The Kier molecular flexibility index (Phi) is 2.86. The topological polar surface area (TPSA) is 54.4 Å². The second-order valence-corrected chi connectivity index (χ2v) is 5.41. The van der Waals surface area contributed by atoms with E-state index in [4.69, 9.17) is 5.11 Å². The van der Waals surface area contributed by atoms with E-state index >= 15 is 0 Å². The van der Waals surface area contributed by atoms with Crippen LogP contribution in [0.2, 0.25) is 0 Å². The summed E-state index contributed by atoms with van der Waals surface area (Å²) in [5.74, 6) is -0.948. The Bertz CT molecular complexity index is 393. The van der Waals surface area contributed by atoms with Gasteiger partial charge in [0.15, 0.2) is 0 Å². The van der Waals surface area contributed by atoms with Gasteiger partial charge in [-0.05, 0) is 37.1 Å². The van der Waals surface area contributed by atoms with E-state index in [1.165, 1.54) is 12.1 Å². The first-order valence-corrected chi connectivity index (χ1v) is 6.14. The van der Waals surface area contributed by atoms with E-state index in [0.29, 0.717) is 0 Å². The molecule has 1 N–H and O–H groups in total. The molecule has 0 spiro atoms. The van der Waals surface area contributed by atoms with Crippen LogP contribution in [0.15, 0.2) is 29.2 Å². The Labute approximate surface area is 90.6 Å². The standard InChI is InChI=1S/C11H12O3S/c12-11(13)8-4-6-10(7-5-8)15(14)9-2-1-3-9/h4-7,9H,1-3H2,(H,12,13). The van der Waals surface area contributed by atoms with Gasteiger partial charge in [0, 0.05) is 10.1 Å². The summed E-state index contributed by atoms with van der Waals surface area (Å²) in [5.41, 5.74) is 0.240. The van der Waals surface area contributed by atoms with Gasteiger partial charge in [-0.2, -0.15) is 0 Å². The lowest BCUT2D eigenvalue weighted by Crippen LogP contribution is -2.23. The summed E-state index contributed by atoms with van der Waals surface area (Å²) in [6, 6.07) is 6.32. The molecule has 0 heterocycles. The van der Waals surface area contributed by atoms with Crippen LogP contribution in [0, 0.1) is 0 Å². The van der Waals surface area contributed by atoms with Crippen molar-refractivity contribution in [2.45, 2.75) is 29.4 Å². The number of hydrogen-bond donors (Lipinski definition) is 1. The molecular formula is C11H12O3S. The van der Waals surface area contributed by atoms with Crippen LogP contribution in [0.1, 0.15) is 29.6 Å². The number of carbonyl (C=O) groups is 1. The molecule has 1 fully saturated rings. The van der Waals surface area contributed by atoms with E-state index in [1.807, 2.05) is 0 Å². The molecule has 0 aliphatic heterocycles. The van der Waals surface area contributed by atoms with Gasteiger partial charge in [-0.1, -0.05) is 6.42 Å². The lowest BCUT2D eigenvalue weighted by Gasteiger charge is -2.24. The van der Waals surface area contributed by atoms with Crippen LogP contribution in [-0.4, -0.2) is 20.5 Å². The molecule has 1 aromatic rings. The van der Waals surface area contributed by atoms with Gasteiger partial charge in [-0.3, -0.25) is 4.21 Å². The van der Waals surface area contributed by atoms with Crippen molar-refractivity contribution in [1.29, 1.82) is 0 Å². The fraction of sp³-hybridized carbons (Fsp3) is 0.364. The largest absolute Gasteiger partial charge is 0.478 e. The Hall–Kier alpha value is -1.16. The number of benzene rings is 1. The highest BCUT2D eigenvalue weighted by Crippen LogP contribution is 2.28. The second kappa shape index (κ2) is 4.14. The normalized spacial score (nSPS) is 18.1. The first kappa shape index (κ1) is 10.4. The Morgan fingerprint density at radius 3 is 2.27 bits per heavy atom. The average molecular weight is 224 g/mol. The third kappa shape index (κ3) is 2.09. The van der Waals surface area contributed by atoms with Crippen LogP contribution in [0.4, 0.5) is 0 Å². The molecule has 15 heavy (non-hydrogen) atoms. The van der Waals surface area contributed by atoms with Crippen molar-refractivity contribution in [1.82, 2.24) is 0 Å². The lowest BCUT2D eigenvalue weighted by atomic mass is 10.00. The second-order valence-electron chi connectivity index (χ2n) is 3.68. The molecule has 1 saturated carbocycles. The fourth-order valence-corrected chi connectivity index (χ4v) is 3.06. The molecular weight excluding hydrogens is 212 g/mol. The number of carboxylic acids is 1. The minimum absolute atomic E-state index is 0.240. The predicted molar refractivity (Wildman–Crippen MR) is 57.4 cm³/mol. The van der Waals surface area contributed by atoms with Gasteiger partial charge in [0.2, 0.25) is 0 Å². The summed E-state index contributed by atoms with van der Waals surface area (Å²) >= 11 is 0. The fourth-order valence-electron chi connectivity index (χ4n) is 1.51. The van der Waals surface area contributed by atoms with Gasteiger partial charge >= 0.3 is 5.97 Å². The van der Waals surface area contributed by atoms with Crippen molar-refractivity contribution in [2.24, 2.45) is 0 Å². The number of aromatic carboxylic acids is 1. The molecule has 0 saturated heterocycles. The first-order valence-electron chi connectivity index (χ1n) is 4.92. The van der Waals surface area contributed by atoms with Gasteiger partial charge in [-0.15, -0.1) is 0 Å². The maximum atomic E-state index is 11.9. The van der Waals surface area contributed by atoms with Crippen LogP contribution in [0.25, 0.3) is 0 Å². The summed E-state index contributed by atoms with van der Waals surface area (Å²) in [7, 11) is -0.956. The molecule has 1 unspecified atom stereocenters. The molecule has 1 atom stereocenters. The van der Waals surface area contributed by atoms with Crippen molar-refractivity contribution in [3.05, 3.63) is 29.8 Å². The maximum absolute atomic E-state index is 11.9. The number of rotatable bonds is 3. The highest BCUT2D eigenvalue weighted by molar-refractivity contribution is 7.85. The summed E-state index contributed by atoms with van der Waals surface area (Å²) in [4.78, 5) is 11.3. The molecule has 1 aromatic carbocycles. The first-order chi connectivity index (χ1) is 7.18. The minimum Gasteiger partial charge on any atom is -0.478 e. The summed E-state index contributed by atoms with van der Waals surface area (Å²) < 4.78 is 11.9. The molecule has 1 aliphatic carbocycles. The van der Waals surface area contributed by atoms with Gasteiger partial charge in [0.1, 0.15) is 0 Å². The molecule has 0 aromatic heterocycles. The molecule has 80 valence electrons. The molecule has 0 amide bonds. The average Bonchev–Trinajstić information content (AvgIpc) is 2.15. The zero-order valence-corrected chi connectivity index (χ0v) is 9.00. The summed E-state index contributed by atoms with van der Waals surface area (Å²) in [5, 5.41) is 8.98. The van der Waals surface area contributed by atoms with Gasteiger partial charge < -0.3 is 5.11 Å². The van der Waals surface area contributed by atoms with Crippen LogP contribution >= 0.6 is 0 Å². The molecule has 2 rings (SSSR count). The van der Waals surface area contributed by atoms with Crippen molar-refractivity contribution >= 4 is 16.8 Å². The van der Waals surface area contributed by atoms with Gasteiger partial charge in [0.05, 0.1) is 16.4 Å². The van der Waals surface area contributed by atoms with Crippen LogP contribution in [-0.2, 0) is 10.8 Å². The van der Waals surface area contributed by atoms with Gasteiger partial charge in [-0.25, -0.2) is 4.79 Å². The van der Waals surface area contributed by atoms with E-state index in [0.717, 1.165) is 24.2 Å². The van der Waals surface area contributed by atoms with Crippen LogP contribution in [0.5, 0.6) is 0 Å². The van der Waals surface area contributed by atoms with E-state index < -0.39 is 16.8 Å². The van der Waals surface area contributed by atoms with E-state index in [1.54, 1.807) is 12.1 Å². The Morgan fingerprint density at radius 2 is 1.87 bits per heavy atom. The molecule has 0 bridgehead atoms. The SMILES string of the molecule is O=C(O)c1ccc(S(=O)C2CCC2)cc1. The monoisotopic (exact) mass is 224 g/mol. The summed E-state index contributed by atoms with van der Waals surface area (Å²) in [6.07, 6.45) is 3.20. The van der Waals surface area contributed by atoms with E-state index in [2.05, 4.69) is 0 Å². The van der Waals surface area contributed by atoms with Crippen molar-refractivity contribution in [3.8, 4) is 0 Å². The van der Waals surface area contributed by atoms with Crippen LogP contribution in [0.3, 0.4) is 0 Å². The maximum Gasteiger partial charge on any atom is 0.335 e. The highest BCUT2D eigenvalue weighted by atomic mass is 32.2. The zero-order valence-electron chi connectivity index (χ0n) is 8.18. The molecule has 1 aliphatic rings. The Morgan fingerprint density at radius 1 is 1.27 bits per heavy atom. The number of hydrogen-bond acceptors (Lipinski definition) is 2. The van der Waals surface area contributed by atoms with Gasteiger partial charge in [0.25, 0.3) is 0 Å². The molecule has 4 heteroatoms. The van der Waals surface area contributed by atoms with Crippen molar-refractivity contribution < 1.29 is 14.1 Å². The van der Waals surface area contributed by atoms with Crippen molar-refractivity contribution in [2.75, 3.05) is 0 Å².